The number of nitrogens with zero attached hydrogens (tertiary/aromatic N) is 1. The summed E-state index contributed by atoms with van der Waals surface area (Å²) < 4.78 is 4.35. The number of amides is 1. The fourth-order valence-electron chi connectivity index (χ4n) is 1.53. The molecule has 0 aliphatic rings. The zero-order chi connectivity index (χ0) is 21.2. The summed E-state index contributed by atoms with van der Waals surface area (Å²) in [6.45, 7) is 5.52. The fraction of sp³-hybridized carbons (Fsp3) is 0.389. The van der Waals surface area contributed by atoms with Gasteiger partial charge in [-0.05, 0) is 30.7 Å². The molecule has 0 bridgehead atoms. The van der Waals surface area contributed by atoms with Gasteiger partial charge in [0.05, 0.1) is 12.8 Å². The molecule has 0 aromatic heterocycles. The second kappa shape index (κ2) is 16.4. The molecule has 1 aromatic carbocycles. The molecule has 0 heterocycles. The Morgan fingerprint density at radius 3 is 2.15 bits per heavy atom. The lowest BCUT2D eigenvalue weighted by Gasteiger charge is -2.13. The van der Waals surface area contributed by atoms with E-state index in [1.165, 1.54) is 36.7 Å². The molecule has 6 N–H and O–H groups in total. The summed E-state index contributed by atoms with van der Waals surface area (Å²) in [4.78, 5) is 32.0. The summed E-state index contributed by atoms with van der Waals surface area (Å²) in [5.74, 6) is 3.94. The van der Waals surface area contributed by atoms with Gasteiger partial charge in [0.25, 0.3) is 5.91 Å². The van der Waals surface area contributed by atoms with Gasteiger partial charge in [-0.1, -0.05) is 20.8 Å². The van der Waals surface area contributed by atoms with Gasteiger partial charge in [0.15, 0.2) is 0 Å². The minimum atomic E-state index is -1.10. The number of nitrogens with one attached hydrogen (secondary N) is 1. The van der Waals surface area contributed by atoms with E-state index in [9.17, 15) is 14.4 Å². The second-order valence-electron chi connectivity index (χ2n) is 4.70. The Labute approximate surface area is 159 Å². The van der Waals surface area contributed by atoms with Gasteiger partial charge in [-0.25, -0.2) is 5.84 Å². The van der Waals surface area contributed by atoms with E-state index in [1.807, 2.05) is 20.8 Å². The average molecular weight is 382 g/mol. The van der Waals surface area contributed by atoms with Crippen molar-refractivity contribution in [2.24, 2.45) is 11.6 Å². The van der Waals surface area contributed by atoms with Gasteiger partial charge < -0.3 is 20.9 Å². The fourth-order valence-corrected chi connectivity index (χ4v) is 1.53. The number of benzene rings is 1. The second-order valence-corrected chi connectivity index (χ2v) is 4.70. The molecule has 0 saturated carbocycles. The molecule has 0 aliphatic carbocycles. The molecule has 1 amide bonds. The molecule has 9 heteroatoms. The molecule has 152 valence electrons. The predicted molar refractivity (Wildman–Crippen MR) is 105 cm³/mol. The Kier molecular flexibility index (Phi) is 15.9. The summed E-state index contributed by atoms with van der Waals surface area (Å²) in [5.41, 5.74) is 6.19. The van der Waals surface area contributed by atoms with E-state index in [4.69, 9.17) is 16.7 Å². The van der Waals surface area contributed by atoms with E-state index < -0.39 is 18.4 Å². The van der Waals surface area contributed by atoms with Gasteiger partial charge in [0.2, 0.25) is 0 Å². The van der Waals surface area contributed by atoms with Crippen molar-refractivity contribution in [1.82, 2.24) is 5.32 Å². The number of nitrogens with two attached hydrogens (primary N) is 2. The number of ether oxygens (including phenoxy) is 1. The summed E-state index contributed by atoms with van der Waals surface area (Å²) >= 11 is 0. The molecule has 0 aliphatic heterocycles. The van der Waals surface area contributed by atoms with Crippen LogP contribution in [0.15, 0.2) is 36.7 Å². The number of hydrazine groups is 1. The van der Waals surface area contributed by atoms with E-state index in [-0.39, 0.29) is 5.97 Å². The summed E-state index contributed by atoms with van der Waals surface area (Å²) in [6, 6.07) is 6.32. The molecule has 0 radical (unpaired) electrons. The number of carboxylic acids is 1. The van der Waals surface area contributed by atoms with Crippen LogP contribution < -0.4 is 21.9 Å². The number of carbonyl (C=O) groups excluding carboxylic acids is 2. The number of aliphatic carboxylic acids is 1. The lowest BCUT2D eigenvalue weighted by Crippen LogP contribution is -2.29. The van der Waals surface area contributed by atoms with Crippen molar-refractivity contribution < 1.29 is 24.2 Å². The largest absolute Gasteiger partial charge is 0.480 e. The van der Waals surface area contributed by atoms with Crippen LogP contribution in [-0.2, 0) is 14.3 Å². The SMILES string of the molecule is CC.CCCC(=O)OC.N/C=C\N(N)c1ccc(C(=O)NCC(=O)O)cc1. The number of hydrogen-bond acceptors (Lipinski definition) is 7. The molecule has 1 aromatic rings. The monoisotopic (exact) mass is 382 g/mol. The van der Waals surface area contributed by atoms with Gasteiger partial charge >= 0.3 is 11.9 Å². The first-order valence-electron chi connectivity index (χ1n) is 8.44. The highest BCUT2D eigenvalue weighted by Crippen LogP contribution is 2.12. The van der Waals surface area contributed by atoms with Crippen LogP contribution in [0.1, 0.15) is 44.0 Å². The quantitative estimate of drug-likeness (QED) is 0.316. The molecule has 27 heavy (non-hydrogen) atoms. The standard InChI is InChI=1S/C11H14N4O3.C5H10O2.C2H6/c12-5-6-15(13)9-3-1-8(2-4-9)11(18)14-7-10(16)17;1-3-4-5(6)7-2;1-2/h1-6H,7,12-13H2,(H,14,18)(H,16,17);3-4H2,1-2H3;1-2H3/b6-5-;;. The van der Waals surface area contributed by atoms with E-state index in [2.05, 4.69) is 10.1 Å². The number of esters is 1. The molecule has 0 saturated heterocycles. The predicted octanol–water partition coefficient (Wildman–Crippen LogP) is 1.60. The van der Waals surface area contributed by atoms with Crippen LogP contribution in [0.2, 0.25) is 0 Å². The van der Waals surface area contributed by atoms with Gasteiger partial charge in [0.1, 0.15) is 6.54 Å². The highest BCUT2D eigenvalue weighted by Gasteiger charge is 2.07. The summed E-state index contributed by atoms with van der Waals surface area (Å²) in [6.07, 6.45) is 4.15. The number of anilines is 1. The Morgan fingerprint density at radius 2 is 1.78 bits per heavy atom. The Hall–Kier alpha value is -3.07. The van der Waals surface area contributed by atoms with Crippen LogP contribution >= 0.6 is 0 Å². The van der Waals surface area contributed by atoms with Gasteiger partial charge in [0, 0.05) is 24.4 Å². The van der Waals surface area contributed by atoms with Crippen LogP contribution in [0.4, 0.5) is 5.69 Å². The molecule has 0 fully saturated rings. The Balaban J connectivity index is 0. The summed E-state index contributed by atoms with van der Waals surface area (Å²) in [5, 5.41) is 12.0. The highest BCUT2D eigenvalue weighted by atomic mass is 16.5. The van der Waals surface area contributed by atoms with Crippen LogP contribution in [0.25, 0.3) is 0 Å². The molecule has 0 atom stereocenters. The molecular weight excluding hydrogens is 352 g/mol. The zero-order valence-electron chi connectivity index (χ0n) is 16.3. The first-order valence-corrected chi connectivity index (χ1v) is 8.44. The van der Waals surface area contributed by atoms with Gasteiger partial charge in [-0.15, -0.1) is 0 Å². The van der Waals surface area contributed by atoms with Crippen molar-refractivity contribution in [3.63, 3.8) is 0 Å². The third kappa shape index (κ3) is 12.9. The smallest absolute Gasteiger partial charge is 0.322 e. The van der Waals surface area contributed by atoms with Gasteiger partial charge in [-0.3, -0.25) is 19.4 Å². The van der Waals surface area contributed by atoms with Crippen LogP contribution in [0.5, 0.6) is 0 Å². The van der Waals surface area contributed by atoms with E-state index in [0.717, 1.165) is 6.42 Å². The molecule has 9 nitrogen and oxygen atoms in total. The number of methoxy groups -OCH3 is 1. The maximum absolute atomic E-state index is 11.5. The van der Waals surface area contributed by atoms with Crippen molar-refractivity contribution in [1.29, 1.82) is 0 Å². The van der Waals surface area contributed by atoms with Crippen LogP contribution in [0, 0.1) is 0 Å². The highest BCUT2D eigenvalue weighted by molar-refractivity contribution is 5.96. The first kappa shape index (κ1) is 26.2. The maximum Gasteiger partial charge on any atom is 0.322 e. The third-order valence-electron chi connectivity index (χ3n) is 2.76. The lowest BCUT2D eigenvalue weighted by atomic mass is 10.2. The number of carbonyl (C=O) groups is 3. The molecule has 0 spiro atoms. The number of carboxylic acid groups (broad SMARTS) is 1. The van der Waals surface area contributed by atoms with Crippen molar-refractivity contribution in [3.05, 3.63) is 42.2 Å². The Bertz CT molecular complexity index is 588. The van der Waals surface area contributed by atoms with E-state index in [0.29, 0.717) is 17.7 Å². The molecule has 0 unspecified atom stereocenters. The lowest BCUT2D eigenvalue weighted by molar-refractivity contribution is -0.140. The van der Waals surface area contributed by atoms with Crippen molar-refractivity contribution in [2.45, 2.75) is 33.6 Å². The maximum atomic E-state index is 11.5. The minimum absolute atomic E-state index is 0.123. The number of rotatable bonds is 7. The van der Waals surface area contributed by atoms with E-state index in [1.54, 1.807) is 12.1 Å². The van der Waals surface area contributed by atoms with Crippen LogP contribution in [-0.4, -0.2) is 36.6 Å². The van der Waals surface area contributed by atoms with Gasteiger partial charge in [-0.2, -0.15) is 0 Å². The Morgan fingerprint density at radius 1 is 1.22 bits per heavy atom. The van der Waals surface area contributed by atoms with Crippen molar-refractivity contribution in [3.8, 4) is 0 Å². The minimum Gasteiger partial charge on any atom is -0.480 e. The number of hydrogen-bond donors (Lipinski definition) is 4. The third-order valence-corrected chi connectivity index (χ3v) is 2.76. The molecular formula is C18H30N4O5. The molecule has 1 rings (SSSR count). The first-order chi connectivity index (χ1) is 12.8. The van der Waals surface area contributed by atoms with Crippen molar-refractivity contribution in [2.75, 3.05) is 18.7 Å². The normalized spacial score (nSPS) is 9.22. The van der Waals surface area contributed by atoms with E-state index >= 15 is 0 Å². The summed E-state index contributed by atoms with van der Waals surface area (Å²) in [7, 11) is 1.40. The van der Waals surface area contributed by atoms with Crippen LogP contribution in [0.3, 0.4) is 0 Å². The van der Waals surface area contributed by atoms with Crippen molar-refractivity contribution >= 4 is 23.5 Å². The zero-order valence-corrected chi connectivity index (χ0v) is 16.3. The average Bonchev–Trinajstić information content (AvgIpc) is 2.68. The topological polar surface area (TPSA) is 148 Å².